The molecule has 0 fully saturated rings. The number of carbonyl (C=O) groups excluding carboxylic acids is 1. The van der Waals surface area contributed by atoms with Gasteiger partial charge in [0, 0.05) is 10.2 Å². The lowest BCUT2D eigenvalue weighted by Crippen LogP contribution is -2.32. The van der Waals surface area contributed by atoms with Crippen LogP contribution in [0.1, 0.15) is 0 Å². The van der Waals surface area contributed by atoms with Crippen molar-refractivity contribution in [2.24, 2.45) is 0 Å². The molecule has 8 heteroatoms. The van der Waals surface area contributed by atoms with Gasteiger partial charge < -0.3 is 10.1 Å². The number of amides is 1. The summed E-state index contributed by atoms with van der Waals surface area (Å²) >= 11 is 3.25. The summed E-state index contributed by atoms with van der Waals surface area (Å²) in [6.07, 6.45) is 0. The number of anilines is 1. The fourth-order valence-electron chi connectivity index (χ4n) is 2.29. The van der Waals surface area contributed by atoms with Crippen molar-refractivity contribution >= 4 is 37.5 Å². The summed E-state index contributed by atoms with van der Waals surface area (Å²) in [4.78, 5) is 12.1. The molecule has 144 valence electrons. The molecule has 3 rings (SSSR count). The van der Waals surface area contributed by atoms with Gasteiger partial charge in [-0.25, -0.2) is 13.1 Å². The Morgan fingerprint density at radius 2 is 1.46 bits per heavy atom. The van der Waals surface area contributed by atoms with Crippen LogP contribution in [-0.4, -0.2) is 20.9 Å². The second-order valence-corrected chi connectivity index (χ2v) is 8.45. The maximum Gasteiger partial charge on any atom is 0.241 e. The Hall–Kier alpha value is -2.68. The highest BCUT2D eigenvalue weighted by atomic mass is 79.9. The highest BCUT2D eigenvalue weighted by Crippen LogP contribution is 2.22. The van der Waals surface area contributed by atoms with Crippen molar-refractivity contribution in [2.75, 3.05) is 11.9 Å². The molecule has 0 aliphatic rings. The SMILES string of the molecule is O=C(CNS(=O)(=O)c1ccc(Br)cc1)Nc1ccc(Oc2ccccc2)cc1. The van der Waals surface area contributed by atoms with Crippen LogP contribution in [0.5, 0.6) is 11.5 Å². The number of ether oxygens (including phenoxy) is 1. The first-order chi connectivity index (χ1) is 13.4. The van der Waals surface area contributed by atoms with Crippen LogP contribution in [0, 0.1) is 0 Å². The van der Waals surface area contributed by atoms with Crippen LogP contribution in [0.4, 0.5) is 5.69 Å². The number of sulfonamides is 1. The van der Waals surface area contributed by atoms with Gasteiger partial charge in [-0.3, -0.25) is 4.79 Å². The minimum Gasteiger partial charge on any atom is -0.457 e. The number of benzene rings is 3. The third-order valence-corrected chi connectivity index (χ3v) is 5.61. The number of carbonyl (C=O) groups is 1. The zero-order valence-electron chi connectivity index (χ0n) is 14.6. The topological polar surface area (TPSA) is 84.5 Å². The van der Waals surface area contributed by atoms with Crippen LogP contribution in [0.3, 0.4) is 0 Å². The maximum absolute atomic E-state index is 12.2. The number of hydrogen-bond donors (Lipinski definition) is 2. The molecular weight excluding hydrogens is 444 g/mol. The smallest absolute Gasteiger partial charge is 0.241 e. The summed E-state index contributed by atoms with van der Waals surface area (Å²) in [7, 11) is -3.76. The van der Waals surface area contributed by atoms with Gasteiger partial charge in [0.05, 0.1) is 11.4 Å². The van der Waals surface area contributed by atoms with Gasteiger partial charge in [0.2, 0.25) is 15.9 Å². The van der Waals surface area contributed by atoms with Gasteiger partial charge in [-0.15, -0.1) is 0 Å². The van der Waals surface area contributed by atoms with Gasteiger partial charge in [-0.05, 0) is 60.7 Å². The molecule has 0 heterocycles. The quantitative estimate of drug-likeness (QED) is 0.554. The minimum atomic E-state index is -3.76. The second-order valence-electron chi connectivity index (χ2n) is 5.77. The predicted octanol–water partition coefficient (Wildman–Crippen LogP) is 4.16. The van der Waals surface area contributed by atoms with Crippen molar-refractivity contribution in [3.05, 3.63) is 83.3 Å². The Labute approximate surface area is 171 Å². The van der Waals surface area contributed by atoms with E-state index >= 15 is 0 Å². The number of hydrogen-bond acceptors (Lipinski definition) is 4. The lowest BCUT2D eigenvalue weighted by molar-refractivity contribution is -0.115. The first-order valence-electron chi connectivity index (χ1n) is 8.30. The standard InChI is InChI=1S/C20H17BrN2O4S/c21-15-6-12-19(13-7-15)28(25,26)22-14-20(24)23-16-8-10-18(11-9-16)27-17-4-2-1-3-5-17/h1-13,22H,14H2,(H,23,24). The highest BCUT2D eigenvalue weighted by Gasteiger charge is 2.15. The molecule has 0 aliphatic heterocycles. The van der Waals surface area contributed by atoms with Crippen molar-refractivity contribution < 1.29 is 17.9 Å². The van der Waals surface area contributed by atoms with Gasteiger partial charge in [-0.1, -0.05) is 34.1 Å². The van der Waals surface area contributed by atoms with Crippen LogP contribution in [0.25, 0.3) is 0 Å². The summed E-state index contributed by atoms with van der Waals surface area (Å²) in [6.45, 7) is -0.374. The molecule has 0 spiro atoms. The zero-order valence-corrected chi connectivity index (χ0v) is 17.0. The van der Waals surface area contributed by atoms with Crippen LogP contribution < -0.4 is 14.8 Å². The average Bonchev–Trinajstić information content (AvgIpc) is 2.69. The maximum atomic E-state index is 12.2. The van der Waals surface area contributed by atoms with Crippen LogP contribution in [0.15, 0.2) is 88.2 Å². The fourth-order valence-corrected chi connectivity index (χ4v) is 3.54. The molecule has 0 saturated heterocycles. The van der Waals surface area contributed by atoms with Gasteiger partial charge >= 0.3 is 0 Å². The first-order valence-corrected chi connectivity index (χ1v) is 10.6. The van der Waals surface area contributed by atoms with Crippen molar-refractivity contribution in [3.63, 3.8) is 0 Å². The van der Waals surface area contributed by atoms with E-state index in [1.165, 1.54) is 12.1 Å². The van der Waals surface area contributed by atoms with E-state index in [2.05, 4.69) is 26.0 Å². The van der Waals surface area contributed by atoms with E-state index in [0.717, 1.165) is 4.47 Å². The molecule has 3 aromatic carbocycles. The monoisotopic (exact) mass is 460 g/mol. The molecule has 3 aromatic rings. The molecule has 0 aliphatic carbocycles. The number of para-hydroxylation sites is 1. The van der Waals surface area contributed by atoms with Gasteiger partial charge in [0.25, 0.3) is 0 Å². The van der Waals surface area contributed by atoms with Crippen molar-refractivity contribution in [3.8, 4) is 11.5 Å². The molecular formula is C20H17BrN2O4S. The Balaban J connectivity index is 1.54. The van der Waals surface area contributed by atoms with E-state index in [1.54, 1.807) is 36.4 Å². The molecule has 0 saturated carbocycles. The lowest BCUT2D eigenvalue weighted by atomic mass is 10.3. The van der Waals surface area contributed by atoms with Gasteiger partial charge in [-0.2, -0.15) is 0 Å². The predicted molar refractivity (Wildman–Crippen MR) is 111 cm³/mol. The molecule has 28 heavy (non-hydrogen) atoms. The highest BCUT2D eigenvalue weighted by molar-refractivity contribution is 9.10. The van der Waals surface area contributed by atoms with E-state index in [1.807, 2.05) is 30.3 Å². The third kappa shape index (κ3) is 5.66. The normalized spacial score (nSPS) is 11.0. The van der Waals surface area contributed by atoms with Crippen molar-refractivity contribution in [1.29, 1.82) is 0 Å². The van der Waals surface area contributed by atoms with E-state index in [4.69, 9.17) is 4.74 Å². The van der Waals surface area contributed by atoms with E-state index in [0.29, 0.717) is 17.2 Å². The summed E-state index contributed by atoms with van der Waals surface area (Å²) in [5, 5.41) is 2.64. The molecule has 1 amide bonds. The number of nitrogens with one attached hydrogen (secondary N) is 2. The summed E-state index contributed by atoms with van der Waals surface area (Å²) in [6, 6.07) is 22.3. The Morgan fingerprint density at radius 3 is 2.11 bits per heavy atom. The third-order valence-electron chi connectivity index (χ3n) is 3.66. The summed E-state index contributed by atoms with van der Waals surface area (Å²) in [5.74, 6) is 0.860. The first kappa shape index (κ1) is 20.1. The van der Waals surface area contributed by atoms with Crippen LogP contribution >= 0.6 is 15.9 Å². The largest absolute Gasteiger partial charge is 0.457 e. The average molecular weight is 461 g/mol. The van der Waals surface area contributed by atoms with Gasteiger partial charge in [0.15, 0.2) is 0 Å². The fraction of sp³-hybridized carbons (Fsp3) is 0.0500. The Kier molecular flexibility index (Phi) is 6.45. The molecule has 0 radical (unpaired) electrons. The molecule has 0 atom stereocenters. The summed E-state index contributed by atoms with van der Waals surface area (Å²) in [5.41, 5.74) is 0.535. The minimum absolute atomic E-state index is 0.0888. The van der Waals surface area contributed by atoms with Crippen molar-refractivity contribution in [1.82, 2.24) is 4.72 Å². The van der Waals surface area contributed by atoms with Crippen LogP contribution in [0.2, 0.25) is 0 Å². The van der Waals surface area contributed by atoms with Gasteiger partial charge in [0.1, 0.15) is 11.5 Å². The molecule has 2 N–H and O–H groups in total. The lowest BCUT2D eigenvalue weighted by Gasteiger charge is -2.09. The number of rotatable bonds is 7. The molecule has 0 unspecified atom stereocenters. The van der Waals surface area contributed by atoms with E-state index < -0.39 is 15.9 Å². The molecule has 0 aromatic heterocycles. The number of halogens is 1. The van der Waals surface area contributed by atoms with E-state index in [9.17, 15) is 13.2 Å². The summed E-state index contributed by atoms with van der Waals surface area (Å²) < 4.78 is 33.1. The molecule has 6 nitrogen and oxygen atoms in total. The zero-order chi connectivity index (χ0) is 20.0. The molecule has 0 bridgehead atoms. The Morgan fingerprint density at radius 1 is 0.857 bits per heavy atom. The van der Waals surface area contributed by atoms with E-state index in [-0.39, 0.29) is 11.4 Å². The van der Waals surface area contributed by atoms with Crippen molar-refractivity contribution in [2.45, 2.75) is 4.90 Å². The second kappa shape index (κ2) is 9.01. The van der Waals surface area contributed by atoms with Crippen LogP contribution in [-0.2, 0) is 14.8 Å². The Bertz CT molecular complexity index is 1040.